The molecule has 2 aliphatic carbocycles. The number of carbonyl (C=O) groups is 3. The zero-order valence-corrected chi connectivity index (χ0v) is 12.5. The fourth-order valence-corrected chi connectivity index (χ4v) is 5.44. The first-order valence-electron chi connectivity index (χ1n) is 6.89. The van der Waals surface area contributed by atoms with Gasteiger partial charge in [-0.3, -0.25) is 19.7 Å². The minimum absolute atomic E-state index is 0.273. The number of carbonyl (C=O) groups excluding carboxylic acids is 3. The van der Waals surface area contributed by atoms with Crippen LogP contribution in [0, 0.1) is 28.1 Å². The topological polar surface area (TPSA) is 89.3 Å². The Balaban J connectivity index is 2.41. The van der Waals surface area contributed by atoms with Crippen molar-refractivity contribution in [3.05, 3.63) is 11.1 Å². The van der Waals surface area contributed by atoms with Gasteiger partial charge in [0.2, 0.25) is 17.7 Å². The van der Waals surface area contributed by atoms with Crippen LogP contribution in [0.3, 0.4) is 0 Å². The van der Waals surface area contributed by atoms with Crippen molar-refractivity contribution in [3.8, 4) is 0 Å². The summed E-state index contributed by atoms with van der Waals surface area (Å²) in [4.78, 5) is 36.8. The molecule has 0 aromatic carbocycles. The number of primary amides is 1. The molecule has 0 aromatic heterocycles. The molecule has 0 aromatic rings. The number of imide groups is 1. The van der Waals surface area contributed by atoms with Crippen LogP contribution in [-0.2, 0) is 14.4 Å². The minimum Gasteiger partial charge on any atom is -0.369 e. The average molecular weight is 276 g/mol. The van der Waals surface area contributed by atoms with E-state index >= 15 is 0 Å². The molecule has 0 spiro atoms. The maximum atomic E-state index is 12.3. The molecule has 5 nitrogen and oxygen atoms in total. The van der Waals surface area contributed by atoms with Crippen molar-refractivity contribution in [1.82, 2.24) is 5.32 Å². The number of hydrogen-bond acceptors (Lipinski definition) is 3. The van der Waals surface area contributed by atoms with E-state index in [-0.39, 0.29) is 11.8 Å². The summed E-state index contributed by atoms with van der Waals surface area (Å²) in [5.74, 6) is -1.98. The van der Waals surface area contributed by atoms with Crippen LogP contribution < -0.4 is 11.1 Å². The predicted molar refractivity (Wildman–Crippen MR) is 72.0 cm³/mol. The zero-order chi connectivity index (χ0) is 15.2. The van der Waals surface area contributed by atoms with Crippen LogP contribution in [0.5, 0.6) is 0 Å². The molecule has 1 saturated carbocycles. The number of nitrogens with two attached hydrogens (primary N) is 1. The van der Waals surface area contributed by atoms with E-state index in [9.17, 15) is 14.4 Å². The highest BCUT2D eigenvalue weighted by Gasteiger charge is 2.82. The van der Waals surface area contributed by atoms with E-state index in [0.717, 1.165) is 11.1 Å². The number of fused-ring (bicyclic) bond motifs is 5. The molecular formula is C15H20N2O3. The molecule has 108 valence electrons. The molecule has 3 rings (SSSR count). The molecule has 20 heavy (non-hydrogen) atoms. The monoisotopic (exact) mass is 276 g/mol. The Morgan fingerprint density at radius 3 is 1.65 bits per heavy atom. The van der Waals surface area contributed by atoms with Crippen LogP contribution in [0.4, 0.5) is 0 Å². The summed E-state index contributed by atoms with van der Waals surface area (Å²) < 4.78 is 0. The van der Waals surface area contributed by atoms with Gasteiger partial charge in [0.05, 0.1) is 17.3 Å². The lowest BCUT2D eigenvalue weighted by atomic mass is 9.59. The minimum atomic E-state index is -0.920. The molecule has 0 radical (unpaired) electrons. The van der Waals surface area contributed by atoms with Gasteiger partial charge in [-0.25, -0.2) is 0 Å². The predicted octanol–water partition coefficient (Wildman–Crippen LogP) is 0.743. The van der Waals surface area contributed by atoms with Crippen molar-refractivity contribution < 1.29 is 14.4 Å². The Labute approximate surface area is 118 Å². The lowest BCUT2D eigenvalue weighted by molar-refractivity contribution is -0.139. The summed E-state index contributed by atoms with van der Waals surface area (Å²) in [6.45, 7) is 9.53. The first-order chi connectivity index (χ1) is 9.06. The Bertz CT molecular complexity index is 579. The van der Waals surface area contributed by atoms with E-state index < -0.39 is 34.0 Å². The molecule has 2 bridgehead atoms. The van der Waals surface area contributed by atoms with Crippen molar-refractivity contribution >= 4 is 17.7 Å². The third-order valence-electron chi connectivity index (χ3n) is 7.08. The number of hydrogen-bond donors (Lipinski definition) is 2. The highest BCUT2D eigenvalue weighted by molar-refractivity contribution is 6.09. The SMILES string of the molecule is CC1=C(C)[C@]2(C)[C@@H]3C(=O)NC(=O)[C@@H]3[C@@]1(C)C2(C)C(N)=O. The van der Waals surface area contributed by atoms with Gasteiger partial charge in [0, 0.05) is 10.8 Å². The van der Waals surface area contributed by atoms with E-state index in [4.69, 9.17) is 5.73 Å². The van der Waals surface area contributed by atoms with E-state index in [1.165, 1.54) is 0 Å². The molecule has 1 unspecified atom stereocenters. The molecule has 2 fully saturated rings. The molecular weight excluding hydrogens is 256 g/mol. The highest BCUT2D eigenvalue weighted by atomic mass is 16.2. The Hall–Kier alpha value is -1.65. The van der Waals surface area contributed by atoms with E-state index in [0.29, 0.717) is 0 Å². The van der Waals surface area contributed by atoms with E-state index in [1.807, 2.05) is 34.6 Å². The Morgan fingerprint density at radius 2 is 1.35 bits per heavy atom. The molecule has 1 saturated heterocycles. The zero-order valence-electron chi connectivity index (χ0n) is 12.5. The molecule has 3 aliphatic rings. The van der Waals surface area contributed by atoms with Gasteiger partial charge in [-0.1, -0.05) is 25.0 Å². The second-order valence-corrected chi connectivity index (χ2v) is 6.95. The number of amides is 3. The standard InChI is InChI=1S/C15H20N2O3/c1-6-7(2)14(4)9-8(10(18)17-11(9)19)13(6,3)15(14,5)12(16)20/h8-9H,1-5H3,(H2,16,20)(H,17,18,19)/t8-,9+,13+,14-,15?. The van der Waals surface area contributed by atoms with Gasteiger partial charge in [0.25, 0.3) is 0 Å². The molecule has 5 atom stereocenters. The lowest BCUT2D eigenvalue weighted by Gasteiger charge is -2.42. The van der Waals surface area contributed by atoms with Gasteiger partial charge in [-0.15, -0.1) is 0 Å². The first kappa shape index (κ1) is 13.3. The fraction of sp³-hybridized carbons (Fsp3) is 0.667. The fourth-order valence-electron chi connectivity index (χ4n) is 5.44. The van der Waals surface area contributed by atoms with E-state index in [1.54, 1.807) is 0 Å². The van der Waals surface area contributed by atoms with Gasteiger partial charge in [-0.05, 0) is 20.8 Å². The summed E-state index contributed by atoms with van der Waals surface area (Å²) in [5, 5.41) is 2.43. The van der Waals surface area contributed by atoms with Crippen molar-refractivity contribution in [3.63, 3.8) is 0 Å². The highest BCUT2D eigenvalue weighted by Crippen LogP contribution is 2.78. The number of nitrogens with one attached hydrogen (secondary N) is 1. The van der Waals surface area contributed by atoms with E-state index in [2.05, 4.69) is 5.32 Å². The van der Waals surface area contributed by atoms with Crippen molar-refractivity contribution in [2.75, 3.05) is 0 Å². The lowest BCUT2D eigenvalue weighted by Crippen LogP contribution is -2.52. The molecule has 3 amide bonds. The molecule has 3 N–H and O–H groups in total. The van der Waals surface area contributed by atoms with Gasteiger partial charge in [-0.2, -0.15) is 0 Å². The number of allylic oxidation sites excluding steroid dienone is 2. The van der Waals surface area contributed by atoms with Crippen LogP contribution >= 0.6 is 0 Å². The Kier molecular flexibility index (Phi) is 2.10. The second-order valence-electron chi connectivity index (χ2n) is 6.95. The van der Waals surface area contributed by atoms with Crippen LogP contribution in [-0.4, -0.2) is 17.7 Å². The van der Waals surface area contributed by atoms with Gasteiger partial charge in [0.15, 0.2) is 0 Å². The van der Waals surface area contributed by atoms with Crippen LogP contribution in [0.15, 0.2) is 11.1 Å². The maximum Gasteiger partial charge on any atom is 0.231 e. The van der Waals surface area contributed by atoms with Crippen molar-refractivity contribution in [1.29, 1.82) is 0 Å². The summed E-state index contributed by atoms with van der Waals surface area (Å²) in [6.07, 6.45) is 0. The largest absolute Gasteiger partial charge is 0.369 e. The van der Waals surface area contributed by atoms with Crippen LogP contribution in [0.25, 0.3) is 0 Å². The third-order valence-corrected chi connectivity index (χ3v) is 7.08. The molecule has 1 heterocycles. The normalized spacial score (nSPS) is 49.6. The van der Waals surface area contributed by atoms with Gasteiger partial charge >= 0.3 is 0 Å². The second kappa shape index (κ2) is 3.15. The average Bonchev–Trinajstić information content (AvgIpc) is 2.79. The maximum absolute atomic E-state index is 12.3. The summed E-state index contributed by atoms with van der Waals surface area (Å²) in [5.41, 5.74) is 5.46. The van der Waals surface area contributed by atoms with Crippen molar-refractivity contribution in [2.24, 2.45) is 33.8 Å². The molecule has 1 aliphatic heterocycles. The summed E-state index contributed by atoms with van der Waals surface area (Å²) in [7, 11) is 0. The summed E-state index contributed by atoms with van der Waals surface area (Å²) in [6, 6.07) is 0. The quantitative estimate of drug-likeness (QED) is 0.547. The Morgan fingerprint density at radius 1 is 1.00 bits per heavy atom. The van der Waals surface area contributed by atoms with Crippen LogP contribution in [0.1, 0.15) is 34.6 Å². The molecule has 5 heteroatoms. The van der Waals surface area contributed by atoms with Gasteiger partial charge in [0.1, 0.15) is 0 Å². The third kappa shape index (κ3) is 0.875. The number of rotatable bonds is 1. The smallest absolute Gasteiger partial charge is 0.231 e. The van der Waals surface area contributed by atoms with Crippen molar-refractivity contribution in [2.45, 2.75) is 34.6 Å². The van der Waals surface area contributed by atoms with Crippen LogP contribution in [0.2, 0.25) is 0 Å². The van der Waals surface area contributed by atoms with Gasteiger partial charge < -0.3 is 5.73 Å². The summed E-state index contributed by atoms with van der Waals surface area (Å²) >= 11 is 0. The first-order valence-corrected chi connectivity index (χ1v) is 6.89.